The molecular weight excluding hydrogens is 304 g/mol. The summed E-state index contributed by atoms with van der Waals surface area (Å²) in [6, 6.07) is 8.76. The van der Waals surface area contributed by atoms with Gasteiger partial charge >= 0.3 is 5.63 Å². The lowest BCUT2D eigenvalue weighted by atomic mass is 10.1. The maximum atomic E-state index is 12.1. The third-order valence-corrected chi connectivity index (χ3v) is 3.89. The first-order valence-electron chi connectivity index (χ1n) is 7.26. The lowest BCUT2D eigenvalue weighted by molar-refractivity contribution is 0.0948. The van der Waals surface area contributed by atoms with Gasteiger partial charge in [0, 0.05) is 11.9 Å². The summed E-state index contributed by atoms with van der Waals surface area (Å²) in [6.45, 7) is 2.64. The molecule has 5 nitrogen and oxygen atoms in total. The zero-order chi connectivity index (χ0) is 14.7. The van der Waals surface area contributed by atoms with Crippen molar-refractivity contribution in [3.8, 4) is 0 Å². The molecule has 1 aliphatic heterocycles. The lowest BCUT2D eigenvalue weighted by Gasteiger charge is -2.09. The maximum Gasteiger partial charge on any atom is 0.349 e. The summed E-state index contributed by atoms with van der Waals surface area (Å²) in [6.07, 6.45) is 2.08. The molecular formula is C16H19ClN2O3. The smallest absolute Gasteiger partial charge is 0.349 e. The molecule has 1 aromatic heterocycles. The van der Waals surface area contributed by atoms with E-state index < -0.39 is 5.63 Å². The Balaban J connectivity index is 0.00000176. The molecule has 2 aromatic rings. The van der Waals surface area contributed by atoms with E-state index in [1.807, 2.05) is 12.1 Å². The fraction of sp³-hybridized carbons (Fsp3) is 0.375. The first-order chi connectivity index (χ1) is 10.2. The van der Waals surface area contributed by atoms with Crippen LogP contribution in [0.3, 0.4) is 0 Å². The van der Waals surface area contributed by atoms with E-state index in [1.54, 1.807) is 18.2 Å². The molecule has 6 heteroatoms. The number of nitrogens with one attached hydrogen (secondary N) is 2. The highest BCUT2D eigenvalue weighted by atomic mass is 35.5. The second-order valence-corrected chi connectivity index (χ2v) is 5.39. The molecule has 0 spiro atoms. The number of hydrogen-bond acceptors (Lipinski definition) is 4. The van der Waals surface area contributed by atoms with Crippen LogP contribution in [0.5, 0.6) is 0 Å². The van der Waals surface area contributed by atoms with Crippen LogP contribution in [0.25, 0.3) is 11.0 Å². The van der Waals surface area contributed by atoms with E-state index in [0.29, 0.717) is 18.0 Å². The largest absolute Gasteiger partial charge is 0.422 e. The zero-order valence-electron chi connectivity index (χ0n) is 12.1. The zero-order valence-corrected chi connectivity index (χ0v) is 12.9. The van der Waals surface area contributed by atoms with Crippen LogP contribution >= 0.6 is 12.4 Å². The van der Waals surface area contributed by atoms with Crippen molar-refractivity contribution in [1.29, 1.82) is 0 Å². The molecule has 1 amide bonds. The fourth-order valence-electron chi connectivity index (χ4n) is 2.67. The SMILES string of the molecule is Cl.O=C(NCCC1CCNC1)c1cc2ccccc2oc1=O. The summed E-state index contributed by atoms with van der Waals surface area (Å²) in [5.41, 5.74) is -0.0249. The van der Waals surface area contributed by atoms with Gasteiger partial charge in [0.15, 0.2) is 0 Å². The quantitative estimate of drug-likeness (QED) is 0.844. The topological polar surface area (TPSA) is 71.3 Å². The van der Waals surface area contributed by atoms with Gasteiger partial charge in [0.05, 0.1) is 0 Å². The number of carbonyl (C=O) groups excluding carboxylic acids is 1. The molecule has 0 radical (unpaired) electrons. The van der Waals surface area contributed by atoms with Gasteiger partial charge in [0.1, 0.15) is 11.1 Å². The number of carbonyl (C=O) groups is 1. The third-order valence-electron chi connectivity index (χ3n) is 3.89. The van der Waals surface area contributed by atoms with Gasteiger partial charge < -0.3 is 15.1 Å². The predicted octanol–water partition coefficient (Wildman–Crippen LogP) is 1.94. The molecule has 1 aromatic carbocycles. The van der Waals surface area contributed by atoms with Gasteiger partial charge in [0.25, 0.3) is 5.91 Å². The number of para-hydroxylation sites is 1. The van der Waals surface area contributed by atoms with Crippen LogP contribution in [0.4, 0.5) is 0 Å². The normalized spacial score (nSPS) is 17.2. The first-order valence-corrected chi connectivity index (χ1v) is 7.26. The lowest BCUT2D eigenvalue weighted by Crippen LogP contribution is -2.30. The number of hydrogen-bond donors (Lipinski definition) is 2. The minimum atomic E-state index is -0.589. The first kappa shape index (κ1) is 16.5. The number of fused-ring (bicyclic) bond motifs is 1. The third kappa shape index (κ3) is 3.67. The summed E-state index contributed by atoms with van der Waals surface area (Å²) >= 11 is 0. The van der Waals surface area contributed by atoms with Gasteiger partial charge in [-0.05, 0) is 44.0 Å². The second kappa shape index (κ2) is 7.42. The Labute approximate surface area is 134 Å². The maximum absolute atomic E-state index is 12.1. The molecule has 1 saturated heterocycles. The van der Waals surface area contributed by atoms with Crippen molar-refractivity contribution in [2.24, 2.45) is 5.92 Å². The Morgan fingerprint density at radius 1 is 1.36 bits per heavy atom. The fourth-order valence-corrected chi connectivity index (χ4v) is 2.67. The molecule has 0 aliphatic carbocycles. The molecule has 2 heterocycles. The summed E-state index contributed by atoms with van der Waals surface area (Å²) in [5.74, 6) is 0.249. The second-order valence-electron chi connectivity index (χ2n) is 5.39. The Kier molecular flexibility index (Phi) is 5.57. The molecule has 0 saturated carbocycles. The van der Waals surface area contributed by atoms with Crippen LogP contribution in [0.1, 0.15) is 23.2 Å². The van der Waals surface area contributed by atoms with E-state index in [0.717, 1.165) is 31.3 Å². The Bertz CT molecular complexity index is 708. The molecule has 118 valence electrons. The molecule has 0 bridgehead atoms. The molecule has 1 aliphatic rings. The molecule has 22 heavy (non-hydrogen) atoms. The summed E-state index contributed by atoms with van der Waals surface area (Å²) in [5, 5.41) is 6.85. The Morgan fingerprint density at radius 3 is 2.95 bits per heavy atom. The predicted molar refractivity (Wildman–Crippen MR) is 87.7 cm³/mol. The number of benzene rings is 1. The van der Waals surface area contributed by atoms with Gasteiger partial charge in [0.2, 0.25) is 0 Å². The summed E-state index contributed by atoms with van der Waals surface area (Å²) in [4.78, 5) is 24.0. The van der Waals surface area contributed by atoms with Gasteiger partial charge in [-0.3, -0.25) is 4.79 Å². The van der Waals surface area contributed by atoms with E-state index >= 15 is 0 Å². The summed E-state index contributed by atoms with van der Waals surface area (Å²) in [7, 11) is 0. The highest BCUT2D eigenvalue weighted by Crippen LogP contribution is 2.13. The Hall–Kier alpha value is -1.85. The van der Waals surface area contributed by atoms with Crippen LogP contribution in [-0.4, -0.2) is 25.5 Å². The molecule has 3 rings (SSSR count). The number of halogens is 1. The highest BCUT2D eigenvalue weighted by molar-refractivity contribution is 5.96. The minimum Gasteiger partial charge on any atom is -0.422 e. The number of amides is 1. The van der Waals surface area contributed by atoms with Crippen molar-refractivity contribution in [2.45, 2.75) is 12.8 Å². The van der Waals surface area contributed by atoms with E-state index in [9.17, 15) is 9.59 Å². The van der Waals surface area contributed by atoms with Gasteiger partial charge in [-0.15, -0.1) is 12.4 Å². The molecule has 2 N–H and O–H groups in total. The van der Waals surface area contributed by atoms with Crippen molar-refractivity contribution < 1.29 is 9.21 Å². The van der Waals surface area contributed by atoms with Gasteiger partial charge in [-0.1, -0.05) is 18.2 Å². The molecule has 1 atom stereocenters. The van der Waals surface area contributed by atoms with Crippen molar-refractivity contribution >= 4 is 29.3 Å². The van der Waals surface area contributed by atoms with Crippen molar-refractivity contribution in [2.75, 3.05) is 19.6 Å². The van der Waals surface area contributed by atoms with E-state index in [4.69, 9.17) is 4.42 Å². The minimum absolute atomic E-state index is 0. The van der Waals surface area contributed by atoms with Crippen molar-refractivity contribution in [3.63, 3.8) is 0 Å². The van der Waals surface area contributed by atoms with Crippen LogP contribution in [0.2, 0.25) is 0 Å². The van der Waals surface area contributed by atoms with Crippen molar-refractivity contribution in [3.05, 3.63) is 46.3 Å². The van der Waals surface area contributed by atoms with Gasteiger partial charge in [-0.2, -0.15) is 0 Å². The number of rotatable bonds is 4. The molecule has 1 unspecified atom stereocenters. The summed E-state index contributed by atoms with van der Waals surface area (Å²) < 4.78 is 5.17. The van der Waals surface area contributed by atoms with Crippen molar-refractivity contribution in [1.82, 2.24) is 10.6 Å². The van der Waals surface area contributed by atoms with Crippen LogP contribution < -0.4 is 16.3 Å². The van der Waals surface area contributed by atoms with Gasteiger partial charge in [-0.25, -0.2) is 4.79 Å². The average molecular weight is 323 g/mol. The monoisotopic (exact) mass is 322 g/mol. The van der Waals surface area contributed by atoms with Crippen LogP contribution in [0.15, 0.2) is 39.5 Å². The van der Waals surface area contributed by atoms with E-state index in [1.165, 1.54) is 0 Å². The van der Waals surface area contributed by atoms with E-state index in [-0.39, 0.29) is 23.9 Å². The Morgan fingerprint density at radius 2 is 2.18 bits per heavy atom. The standard InChI is InChI=1S/C16H18N2O3.ClH/c19-15(18-8-6-11-5-7-17-10-11)13-9-12-3-1-2-4-14(12)21-16(13)20;/h1-4,9,11,17H,5-8,10H2,(H,18,19);1H. The van der Waals surface area contributed by atoms with E-state index in [2.05, 4.69) is 10.6 Å². The van der Waals surface area contributed by atoms with Crippen LogP contribution in [0, 0.1) is 5.92 Å². The molecule has 1 fully saturated rings. The highest BCUT2D eigenvalue weighted by Gasteiger charge is 2.16. The van der Waals surface area contributed by atoms with Crippen LogP contribution in [-0.2, 0) is 0 Å². The average Bonchev–Trinajstić information content (AvgIpc) is 2.99.